The molecule has 0 aliphatic heterocycles. The third-order valence-electron chi connectivity index (χ3n) is 3.16. The molecule has 0 bridgehead atoms. The first-order chi connectivity index (χ1) is 9.67. The number of hydrogen-bond donors (Lipinski definition) is 1. The van der Waals surface area contributed by atoms with Crippen molar-refractivity contribution in [3.8, 4) is 5.75 Å². The molecule has 2 rings (SSSR count). The van der Waals surface area contributed by atoms with Gasteiger partial charge < -0.3 is 10.1 Å². The number of thiophene rings is 1. The van der Waals surface area contributed by atoms with Crippen LogP contribution in [0.4, 0.5) is 0 Å². The van der Waals surface area contributed by atoms with E-state index in [2.05, 4.69) is 29.8 Å². The highest BCUT2D eigenvalue weighted by Crippen LogP contribution is 2.35. The van der Waals surface area contributed by atoms with Crippen molar-refractivity contribution in [2.75, 3.05) is 13.7 Å². The molecule has 108 valence electrons. The van der Waals surface area contributed by atoms with Crippen LogP contribution in [0.15, 0.2) is 29.6 Å². The summed E-state index contributed by atoms with van der Waals surface area (Å²) in [6.07, 6.45) is 1.02. The van der Waals surface area contributed by atoms with Crippen molar-refractivity contribution < 1.29 is 4.74 Å². The van der Waals surface area contributed by atoms with Gasteiger partial charge in [0.15, 0.2) is 0 Å². The fourth-order valence-electron chi connectivity index (χ4n) is 2.07. The summed E-state index contributed by atoms with van der Waals surface area (Å²) in [6.45, 7) is 4.90. The van der Waals surface area contributed by atoms with Crippen LogP contribution in [-0.2, 0) is 0 Å². The first kappa shape index (κ1) is 15.4. The molecule has 0 aliphatic carbocycles. The van der Waals surface area contributed by atoms with E-state index in [0.717, 1.165) is 34.2 Å². The maximum atomic E-state index is 6.38. The maximum Gasteiger partial charge on any atom is 0.119 e. The predicted octanol–water partition coefficient (Wildman–Crippen LogP) is 4.81. The molecular formula is C16H20ClNOS. The Hall–Kier alpha value is -1.03. The molecule has 1 atom stereocenters. The highest BCUT2D eigenvalue weighted by atomic mass is 35.5. The predicted molar refractivity (Wildman–Crippen MR) is 87.2 cm³/mol. The van der Waals surface area contributed by atoms with E-state index in [4.69, 9.17) is 16.3 Å². The molecular weight excluding hydrogens is 290 g/mol. The van der Waals surface area contributed by atoms with Gasteiger partial charge in [0, 0.05) is 4.88 Å². The van der Waals surface area contributed by atoms with Crippen LogP contribution in [0.1, 0.15) is 35.4 Å². The zero-order chi connectivity index (χ0) is 14.5. The van der Waals surface area contributed by atoms with Gasteiger partial charge in [0.1, 0.15) is 5.75 Å². The van der Waals surface area contributed by atoms with Crippen LogP contribution in [0.5, 0.6) is 5.75 Å². The summed E-state index contributed by atoms with van der Waals surface area (Å²) in [6, 6.07) is 8.35. The summed E-state index contributed by atoms with van der Waals surface area (Å²) < 4.78 is 5.61. The molecule has 0 radical (unpaired) electrons. The second-order valence-electron chi connectivity index (χ2n) is 4.74. The van der Waals surface area contributed by atoms with Crippen molar-refractivity contribution in [3.05, 3.63) is 50.7 Å². The van der Waals surface area contributed by atoms with E-state index in [9.17, 15) is 0 Å². The topological polar surface area (TPSA) is 21.3 Å². The lowest BCUT2D eigenvalue weighted by Crippen LogP contribution is -2.16. The maximum absolute atomic E-state index is 6.38. The Morgan fingerprint density at radius 3 is 2.50 bits per heavy atom. The minimum absolute atomic E-state index is 0.126. The molecule has 4 heteroatoms. The zero-order valence-electron chi connectivity index (χ0n) is 12.1. The normalized spacial score (nSPS) is 12.4. The molecule has 0 spiro atoms. The lowest BCUT2D eigenvalue weighted by molar-refractivity contribution is 0.317. The van der Waals surface area contributed by atoms with Crippen LogP contribution in [0.3, 0.4) is 0 Å². The minimum atomic E-state index is 0.126. The summed E-state index contributed by atoms with van der Waals surface area (Å²) in [5.41, 5.74) is 2.33. The Kier molecular flexibility index (Phi) is 5.46. The number of rotatable bonds is 6. The SMILES string of the molecule is CCCOc1ccc(C(NC)c2scc(C)c2Cl)cc1. The Labute approximate surface area is 129 Å². The molecule has 1 aromatic carbocycles. The zero-order valence-corrected chi connectivity index (χ0v) is 13.6. The van der Waals surface area contributed by atoms with E-state index in [1.165, 1.54) is 5.56 Å². The summed E-state index contributed by atoms with van der Waals surface area (Å²) in [7, 11) is 1.96. The first-order valence-electron chi connectivity index (χ1n) is 6.80. The smallest absolute Gasteiger partial charge is 0.119 e. The van der Waals surface area contributed by atoms with Gasteiger partial charge in [0.2, 0.25) is 0 Å². The van der Waals surface area contributed by atoms with Gasteiger partial charge in [-0.15, -0.1) is 11.3 Å². The molecule has 1 unspecified atom stereocenters. The Morgan fingerprint density at radius 1 is 1.30 bits per heavy atom. The van der Waals surface area contributed by atoms with Crippen LogP contribution in [-0.4, -0.2) is 13.7 Å². The average Bonchev–Trinajstić information content (AvgIpc) is 2.80. The molecule has 1 N–H and O–H groups in total. The average molecular weight is 310 g/mol. The van der Waals surface area contributed by atoms with Gasteiger partial charge in [-0.1, -0.05) is 30.7 Å². The van der Waals surface area contributed by atoms with E-state index in [-0.39, 0.29) is 6.04 Å². The van der Waals surface area contributed by atoms with Crippen LogP contribution in [0.2, 0.25) is 5.02 Å². The largest absolute Gasteiger partial charge is 0.494 e. The Bertz CT molecular complexity index is 550. The molecule has 0 saturated carbocycles. The summed E-state index contributed by atoms with van der Waals surface area (Å²) in [5.74, 6) is 0.916. The van der Waals surface area contributed by atoms with Crippen molar-refractivity contribution in [1.82, 2.24) is 5.32 Å². The third kappa shape index (κ3) is 3.35. The lowest BCUT2D eigenvalue weighted by Gasteiger charge is -2.16. The molecule has 20 heavy (non-hydrogen) atoms. The lowest BCUT2D eigenvalue weighted by atomic mass is 10.0. The van der Waals surface area contributed by atoms with Crippen molar-refractivity contribution in [3.63, 3.8) is 0 Å². The Balaban J connectivity index is 2.21. The Morgan fingerprint density at radius 2 is 2.00 bits per heavy atom. The second kappa shape index (κ2) is 7.11. The molecule has 1 aromatic heterocycles. The minimum Gasteiger partial charge on any atom is -0.494 e. The molecule has 2 nitrogen and oxygen atoms in total. The molecule has 0 saturated heterocycles. The van der Waals surface area contributed by atoms with Crippen molar-refractivity contribution >= 4 is 22.9 Å². The van der Waals surface area contributed by atoms with E-state index in [1.54, 1.807) is 11.3 Å². The van der Waals surface area contributed by atoms with Gasteiger partial charge in [0.25, 0.3) is 0 Å². The van der Waals surface area contributed by atoms with E-state index in [0.29, 0.717) is 0 Å². The van der Waals surface area contributed by atoms with Gasteiger partial charge in [0.05, 0.1) is 17.7 Å². The summed E-state index contributed by atoms with van der Waals surface area (Å²) >= 11 is 8.07. The highest BCUT2D eigenvalue weighted by molar-refractivity contribution is 7.10. The van der Waals surface area contributed by atoms with Crippen LogP contribution >= 0.6 is 22.9 Å². The number of ether oxygens (including phenoxy) is 1. The molecule has 0 aliphatic rings. The second-order valence-corrected chi connectivity index (χ2v) is 6.03. The van der Waals surface area contributed by atoms with Crippen LogP contribution in [0.25, 0.3) is 0 Å². The van der Waals surface area contributed by atoms with Gasteiger partial charge >= 0.3 is 0 Å². The monoisotopic (exact) mass is 309 g/mol. The number of nitrogens with one attached hydrogen (secondary N) is 1. The number of aryl methyl sites for hydroxylation is 1. The van der Waals surface area contributed by atoms with Crippen molar-refractivity contribution in [2.45, 2.75) is 26.3 Å². The summed E-state index contributed by atoms with van der Waals surface area (Å²) in [4.78, 5) is 1.16. The highest BCUT2D eigenvalue weighted by Gasteiger charge is 2.18. The molecule has 0 fully saturated rings. The van der Waals surface area contributed by atoms with Crippen molar-refractivity contribution in [2.24, 2.45) is 0 Å². The van der Waals surface area contributed by atoms with Crippen LogP contribution < -0.4 is 10.1 Å². The fourth-order valence-corrected chi connectivity index (χ4v) is 3.51. The van der Waals surface area contributed by atoms with Crippen molar-refractivity contribution in [1.29, 1.82) is 0 Å². The number of halogens is 1. The van der Waals surface area contributed by atoms with Gasteiger partial charge in [-0.2, -0.15) is 0 Å². The first-order valence-corrected chi connectivity index (χ1v) is 8.06. The van der Waals surface area contributed by atoms with E-state index < -0.39 is 0 Å². The molecule has 2 aromatic rings. The van der Waals surface area contributed by atoms with E-state index in [1.807, 2.05) is 26.1 Å². The standard InChI is InChI=1S/C16H20ClNOS/c1-4-9-19-13-7-5-12(6-8-13)15(18-3)16-14(17)11(2)10-20-16/h5-8,10,15,18H,4,9H2,1-3H3. The third-order valence-corrected chi connectivity index (χ3v) is 4.94. The van der Waals surface area contributed by atoms with Gasteiger partial charge in [-0.05, 0) is 49.0 Å². The van der Waals surface area contributed by atoms with E-state index >= 15 is 0 Å². The number of hydrogen-bond acceptors (Lipinski definition) is 3. The molecule has 0 amide bonds. The molecule has 1 heterocycles. The number of benzene rings is 1. The fraction of sp³-hybridized carbons (Fsp3) is 0.375. The summed E-state index contributed by atoms with van der Waals surface area (Å²) in [5, 5.41) is 6.30. The quantitative estimate of drug-likeness (QED) is 0.827. The van der Waals surface area contributed by atoms with Gasteiger partial charge in [-0.3, -0.25) is 0 Å². The van der Waals surface area contributed by atoms with Gasteiger partial charge in [-0.25, -0.2) is 0 Å². The van der Waals surface area contributed by atoms with Crippen LogP contribution in [0, 0.1) is 6.92 Å².